The Morgan fingerprint density at radius 2 is 1.91 bits per heavy atom. The van der Waals surface area contributed by atoms with Crippen molar-refractivity contribution in [1.29, 1.82) is 0 Å². The van der Waals surface area contributed by atoms with Crippen LogP contribution in [0.4, 0.5) is 0 Å². The molecular formula is C16H17NO4S. The summed E-state index contributed by atoms with van der Waals surface area (Å²) in [4.78, 5) is 0.212. The van der Waals surface area contributed by atoms with Crippen LogP contribution in [0.3, 0.4) is 0 Å². The summed E-state index contributed by atoms with van der Waals surface area (Å²) >= 11 is 0. The molecule has 0 spiro atoms. The van der Waals surface area contributed by atoms with Gasteiger partial charge in [0.25, 0.3) is 0 Å². The first kappa shape index (κ1) is 14.9. The fourth-order valence-electron chi connectivity index (χ4n) is 2.41. The average molecular weight is 319 g/mol. The van der Waals surface area contributed by atoms with Crippen LogP contribution in [0.15, 0.2) is 53.4 Å². The summed E-state index contributed by atoms with van der Waals surface area (Å²) in [5.41, 5.74) is 1.11. The van der Waals surface area contributed by atoms with Crippen LogP contribution >= 0.6 is 0 Å². The normalized spacial score (nSPS) is 16.9. The zero-order valence-corrected chi connectivity index (χ0v) is 13.0. The predicted octanol–water partition coefficient (Wildman–Crippen LogP) is 1.98. The average Bonchev–Trinajstić information content (AvgIpc) is 2.96. The van der Waals surface area contributed by atoms with E-state index in [0.717, 1.165) is 11.3 Å². The summed E-state index contributed by atoms with van der Waals surface area (Å²) in [6.45, 7) is 0.239. The fraction of sp³-hybridized carbons (Fsp3) is 0.250. The molecule has 0 fully saturated rings. The first-order valence-corrected chi connectivity index (χ1v) is 8.45. The van der Waals surface area contributed by atoms with Gasteiger partial charge in [0.2, 0.25) is 10.0 Å². The van der Waals surface area contributed by atoms with Gasteiger partial charge < -0.3 is 9.47 Å². The van der Waals surface area contributed by atoms with E-state index in [-0.39, 0.29) is 17.5 Å². The third-order valence-electron chi connectivity index (χ3n) is 3.58. The zero-order chi connectivity index (χ0) is 15.6. The number of rotatable bonds is 5. The molecule has 3 rings (SSSR count). The Hall–Kier alpha value is -2.05. The van der Waals surface area contributed by atoms with E-state index in [1.54, 1.807) is 12.1 Å². The summed E-state index contributed by atoms with van der Waals surface area (Å²) < 4.78 is 37.9. The van der Waals surface area contributed by atoms with Gasteiger partial charge in [-0.15, -0.1) is 0 Å². The van der Waals surface area contributed by atoms with E-state index >= 15 is 0 Å². The lowest BCUT2D eigenvalue weighted by molar-refractivity contribution is 0.236. The third kappa shape index (κ3) is 3.08. The molecule has 2 aromatic carbocycles. The Balaban J connectivity index is 1.63. The Bertz CT molecular complexity index is 731. The van der Waals surface area contributed by atoms with E-state index in [1.165, 1.54) is 19.2 Å². The van der Waals surface area contributed by atoms with Gasteiger partial charge in [0, 0.05) is 13.0 Å². The predicted molar refractivity (Wildman–Crippen MR) is 82.7 cm³/mol. The van der Waals surface area contributed by atoms with Gasteiger partial charge in [-0.05, 0) is 35.9 Å². The van der Waals surface area contributed by atoms with E-state index in [1.807, 2.05) is 24.3 Å². The molecule has 1 atom stereocenters. The number of para-hydroxylation sites is 1. The topological polar surface area (TPSA) is 64.6 Å². The molecule has 22 heavy (non-hydrogen) atoms. The van der Waals surface area contributed by atoms with Gasteiger partial charge in [-0.25, -0.2) is 13.1 Å². The summed E-state index contributed by atoms with van der Waals surface area (Å²) in [6, 6.07) is 14.0. The standard InChI is InChI=1S/C16H17NO4S/c1-20-13-6-8-15(9-7-13)22(18,19)17-11-14-10-12-4-2-3-5-16(12)21-14/h2-9,14,17H,10-11H2,1H3/t14-/m1/s1. The van der Waals surface area contributed by atoms with Crippen molar-refractivity contribution >= 4 is 10.0 Å². The van der Waals surface area contributed by atoms with Crippen LogP contribution < -0.4 is 14.2 Å². The van der Waals surface area contributed by atoms with Crippen molar-refractivity contribution in [2.24, 2.45) is 0 Å². The van der Waals surface area contributed by atoms with Gasteiger partial charge in [0.05, 0.1) is 12.0 Å². The van der Waals surface area contributed by atoms with Gasteiger partial charge in [-0.3, -0.25) is 0 Å². The van der Waals surface area contributed by atoms with Crippen molar-refractivity contribution in [3.8, 4) is 11.5 Å². The van der Waals surface area contributed by atoms with Gasteiger partial charge in [0.15, 0.2) is 0 Å². The fourth-order valence-corrected chi connectivity index (χ4v) is 3.48. The van der Waals surface area contributed by atoms with Crippen molar-refractivity contribution in [3.63, 3.8) is 0 Å². The van der Waals surface area contributed by atoms with Crippen LogP contribution in [-0.4, -0.2) is 28.2 Å². The molecule has 0 unspecified atom stereocenters. The van der Waals surface area contributed by atoms with Crippen molar-refractivity contribution in [3.05, 3.63) is 54.1 Å². The summed E-state index contributed by atoms with van der Waals surface area (Å²) in [5, 5.41) is 0. The van der Waals surface area contributed by atoms with Crippen molar-refractivity contribution in [1.82, 2.24) is 4.72 Å². The van der Waals surface area contributed by atoms with E-state index in [2.05, 4.69) is 4.72 Å². The third-order valence-corrected chi connectivity index (χ3v) is 5.02. The van der Waals surface area contributed by atoms with Crippen LogP contribution in [0.5, 0.6) is 11.5 Å². The second-order valence-electron chi connectivity index (χ2n) is 5.08. The van der Waals surface area contributed by atoms with Gasteiger partial charge in [-0.1, -0.05) is 18.2 Å². The Labute approximate surface area is 129 Å². The van der Waals surface area contributed by atoms with Gasteiger partial charge in [0.1, 0.15) is 17.6 Å². The molecule has 116 valence electrons. The Morgan fingerprint density at radius 1 is 1.18 bits per heavy atom. The number of hydrogen-bond acceptors (Lipinski definition) is 4. The monoisotopic (exact) mass is 319 g/mol. The van der Waals surface area contributed by atoms with Gasteiger partial charge >= 0.3 is 0 Å². The van der Waals surface area contributed by atoms with E-state index in [9.17, 15) is 8.42 Å². The van der Waals surface area contributed by atoms with E-state index in [0.29, 0.717) is 12.2 Å². The van der Waals surface area contributed by atoms with Crippen molar-refractivity contribution < 1.29 is 17.9 Å². The molecule has 0 radical (unpaired) electrons. The maximum atomic E-state index is 12.3. The number of fused-ring (bicyclic) bond motifs is 1. The highest BCUT2D eigenvalue weighted by Gasteiger charge is 2.24. The van der Waals surface area contributed by atoms with E-state index in [4.69, 9.17) is 9.47 Å². The largest absolute Gasteiger partial charge is 0.497 e. The van der Waals surface area contributed by atoms with Crippen molar-refractivity contribution in [2.45, 2.75) is 17.4 Å². The number of benzene rings is 2. The second-order valence-corrected chi connectivity index (χ2v) is 6.85. The number of sulfonamides is 1. The van der Waals surface area contributed by atoms with E-state index < -0.39 is 10.0 Å². The molecule has 0 saturated carbocycles. The molecule has 0 aliphatic carbocycles. The summed E-state index contributed by atoms with van der Waals surface area (Å²) in [7, 11) is -2.01. The molecule has 5 nitrogen and oxygen atoms in total. The molecule has 0 bridgehead atoms. The lowest BCUT2D eigenvalue weighted by Gasteiger charge is -2.12. The quantitative estimate of drug-likeness (QED) is 0.915. The SMILES string of the molecule is COc1ccc(S(=O)(=O)NC[C@H]2Cc3ccccc3O2)cc1. The van der Waals surface area contributed by atoms with Crippen LogP contribution in [0.2, 0.25) is 0 Å². The maximum absolute atomic E-state index is 12.3. The minimum Gasteiger partial charge on any atom is -0.497 e. The number of hydrogen-bond donors (Lipinski definition) is 1. The first-order valence-electron chi connectivity index (χ1n) is 6.97. The number of ether oxygens (including phenoxy) is 2. The molecule has 1 heterocycles. The maximum Gasteiger partial charge on any atom is 0.240 e. The molecule has 1 aliphatic rings. The molecular weight excluding hydrogens is 302 g/mol. The smallest absolute Gasteiger partial charge is 0.240 e. The Kier molecular flexibility index (Phi) is 4.04. The highest BCUT2D eigenvalue weighted by Crippen LogP contribution is 2.28. The molecule has 0 aromatic heterocycles. The van der Waals surface area contributed by atoms with Crippen LogP contribution in [0.25, 0.3) is 0 Å². The molecule has 1 aliphatic heterocycles. The highest BCUT2D eigenvalue weighted by atomic mass is 32.2. The lowest BCUT2D eigenvalue weighted by atomic mass is 10.1. The number of nitrogens with one attached hydrogen (secondary N) is 1. The zero-order valence-electron chi connectivity index (χ0n) is 12.2. The minimum absolute atomic E-state index is 0.176. The number of methoxy groups -OCH3 is 1. The second kappa shape index (κ2) is 5.98. The van der Waals surface area contributed by atoms with Crippen LogP contribution in [0, 0.1) is 0 Å². The highest BCUT2D eigenvalue weighted by molar-refractivity contribution is 7.89. The molecule has 0 saturated heterocycles. The Morgan fingerprint density at radius 3 is 2.59 bits per heavy atom. The minimum atomic E-state index is -3.55. The molecule has 6 heteroatoms. The van der Waals surface area contributed by atoms with Crippen LogP contribution in [-0.2, 0) is 16.4 Å². The lowest BCUT2D eigenvalue weighted by Crippen LogP contribution is -2.34. The summed E-state index contributed by atoms with van der Waals surface area (Å²) in [5.74, 6) is 1.45. The molecule has 0 amide bonds. The first-order chi connectivity index (χ1) is 10.6. The van der Waals surface area contributed by atoms with Crippen LogP contribution in [0.1, 0.15) is 5.56 Å². The van der Waals surface area contributed by atoms with Crippen molar-refractivity contribution in [2.75, 3.05) is 13.7 Å². The molecule has 1 N–H and O–H groups in total. The van der Waals surface area contributed by atoms with Gasteiger partial charge in [-0.2, -0.15) is 0 Å². The summed E-state index contributed by atoms with van der Waals surface area (Å²) in [6.07, 6.45) is 0.534. The molecule has 2 aromatic rings.